The predicted molar refractivity (Wildman–Crippen MR) is 68.0 cm³/mol. The van der Waals surface area contributed by atoms with Crippen LogP contribution in [0.25, 0.3) is 0 Å². The zero-order valence-corrected chi connectivity index (χ0v) is 11.4. The Morgan fingerprint density at radius 1 is 1.25 bits per heavy atom. The quantitative estimate of drug-likeness (QED) is 0.717. The fourth-order valence-electron chi connectivity index (χ4n) is 1.24. The monoisotopic (exact) mass is 304 g/mol. The molecule has 0 spiro atoms. The highest BCUT2D eigenvalue weighted by Crippen LogP contribution is 2.23. The highest BCUT2D eigenvalue weighted by Gasteiger charge is 2.19. The lowest BCUT2D eigenvalue weighted by Crippen LogP contribution is -2.35. The molecule has 0 bridgehead atoms. The first kappa shape index (κ1) is 15.6. The van der Waals surface area contributed by atoms with Gasteiger partial charge in [-0.05, 0) is 12.1 Å². The van der Waals surface area contributed by atoms with Crippen LogP contribution >= 0.6 is 0 Å². The van der Waals surface area contributed by atoms with E-state index in [0.717, 1.165) is 13.2 Å². The zero-order valence-electron chi connectivity index (χ0n) is 10.5. The van der Waals surface area contributed by atoms with Gasteiger partial charge in [0.15, 0.2) is 0 Å². The van der Waals surface area contributed by atoms with Crippen LogP contribution in [-0.4, -0.2) is 39.8 Å². The Hall–Kier alpha value is -2.49. The summed E-state index contributed by atoms with van der Waals surface area (Å²) in [5.41, 5.74) is -0.561. The van der Waals surface area contributed by atoms with Gasteiger partial charge >= 0.3 is 22.3 Å². The molecule has 10 heteroatoms. The summed E-state index contributed by atoms with van der Waals surface area (Å²) in [7, 11) is -2.00. The van der Waals surface area contributed by atoms with Crippen molar-refractivity contribution in [1.82, 2.24) is 4.72 Å². The molecular weight excluding hydrogens is 292 g/mol. The summed E-state index contributed by atoms with van der Waals surface area (Å²) in [6, 6.07) is 3.69. The van der Waals surface area contributed by atoms with E-state index >= 15 is 0 Å². The molecule has 1 aromatic carbocycles. The fourth-order valence-corrected chi connectivity index (χ4v) is 2.06. The second-order valence-electron chi connectivity index (χ2n) is 3.42. The Balaban J connectivity index is 3.12. The summed E-state index contributed by atoms with van der Waals surface area (Å²) in [5, 5.41) is 8.97. The van der Waals surface area contributed by atoms with Gasteiger partial charge in [0.2, 0.25) is 0 Å². The van der Waals surface area contributed by atoms with Gasteiger partial charge in [-0.25, -0.2) is 14.3 Å². The van der Waals surface area contributed by atoms with E-state index in [1.165, 1.54) is 24.0 Å². The zero-order chi connectivity index (χ0) is 15.3. The van der Waals surface area contributed by atoms with Crippen molar-refractivity contribution in [3.8, 4) is 5.75 Å². The minimum atomic E-state index is -4.32. The van der Waals surface area contributed by atoms with E-state index in [9.17, 15) is 18.0 Å². The lowest BCUT2D eigenvalue weighted by atomic mass is 10.2. The largest absolute Gasteiger partial charge is 0.497 e. The second-order valence-corrected chi connectivity index (χ2v) is 4.83. The topological polar surface area (TPSA) is 131 Å². The molecule has 0 fully saturated rings. The Bertz CT molecular complexity index is 626. The molecule has 0 radical (unpaired) electrons. The number of carbonyl (C=O) groups is 2. The van der Waals surface area contributed by atoms with E-state index in [0.29, 0.717) is 0 Å². The van der Waals surface area contributed by atoms with E-state index in [1.807, 2.05) is 4.72 Å². The normalized spacial score (nSPS) is 10.5. The van der Waals surface area contributed by atoms with Crippen LogP contribution in [0.5, 0.6) is 5.75 Å². The Morgan fingerprint density at radius 2 is 1.90 bits per heavy atom. The standard InChI is InChI=1S/C10H12N2O7S/c1-18-6-3-4-7(9(13)14)8(5-6)11-20(16,17)12-10(15)19-2/h3-5,11H,1-2H3,(H,12,15)(H,13,14). The third kappa shape index (κ3) is 4.02. The number of benzene rings is 1. The van der Waals surface area contributed by atoms with E-state index in [4.69, 9.17) is 9.84 Å². The maximum atomic E-state index is 11.6. The van der Waals surface area contributed by atoms with Gasteiger partial charge in [-0.2, -0.15) is 8.42 Å². The highest BCUT2D eigenvalue weighted by molar-refractivity contribution is 7.91. The molecule has 110 valence electrons. The summed E-state index contributed by atoms with van der Waals surface area (Å²) < 4.78 is 35.6. The molecular formula is C10H12N2O7S. The summed E-state index contributed by atoms with van der Waals surface area (Å²) in [4.78, 5) is 21.9. The number of nitrogens with one attached hydrogen (secondary N) is 2. The smallest absolute Gasteiger partial charge is 0.422 e. The summed E-state index contributed by atoms with van der Waals surface area (Å²) in [5.74, 6) is -1.10. The van der Waals surface area contributed by atoms with Crippen molar-refractivity contribution >= 4 is 28.0 Å². The number of amides is 1. The molecule has 0 aliphatic rings. The van der Waals surface area contributed by atoms with Gasteiger partial charge in [0.1, 0.15) is 5.75 Å². The van der Waals surface area contributed by atoms with Crippen LogP contribution in [0.2, 0.25) is 0 Å². The van der Waals surface area contributed by atoms with Crippen molar-refractivity contribution in [2.45, 2.75) is 0 Å². The van der Waals surface area contributed by atoms with Crippen molar-refractivity contribution in [3.05, 3.63) is 23.8 Å². The maximum absolute atomic E-state index is 11.6. The van der Waals surface area contributed by atoms with E-state index in [-0.39, 0.29) is 17.0 Å². The van der Waals surface area contributed by atoms with Crippen LogP contribution < -0.4 is 14.2 Å². The first-order chi connectivity index (χ1) is 9.29. The molecule has 0 saturated heterocycles. The Labute approximate surface area is 114 Å². The molecule has 0 heterocycles. The molecule has 3 N–H and O–H groups in total. The van der Waals surface area contributed by atoms with Crippen molar-refractivity contribution < 1.29 is 32.6 Å². The van der Waals surface area contributed by atoms with Crippen LogP contribution in [0.3, 0.4) is 0 Å². The number of anilines is 1. The minimum Gasteiger partial charge on any atom is -0.497 e. The second kappa shape index (κ2) is 6.10. The molecule has 0 atom stereocenters. The average Bonchev–Trinajstić information content (AvgIpc) is 2.36. The van der Waals surface area contributed by atoms with Crippen LogP contribution in [-0.2, 0) is 14.9 Å². The molecule has 1 amide bonds. The van der Waals surface area contributed by atoms with Crippen LogP contribution in [0.1, 0.15) is 10.4 Å². The van der Waals surface area contributed by atoms with Gasteiger partial charge in [0.25, 0.3) is 0 Å². The Morgan fingerprint density at radius 3 is 2.40 bits per heavy atom. The third-order valence-corrected chi connectivity index (χ3v) is 3.03. The third-order valence-electron chi connectivity index (χ3n) is 2.10. The van der Waals surface area contributed by atoms with E-state index in [1.54, 1.807) is 0 Å². The first-order valence-electron chi connectivity index (χ1n) is 5.09. The molecule has 0 unspecified atom stereocenters. The van der Waals surface area contributed by atoms with Gasteiger partial charge in [-0.1, -0.05) is 0 Å². The van der Waals surface area contributed by atoms with Gasteiger partial charge < -0.3 is 14.6 Å². The van der Waals surface area contributed by atoms with E-state index < -0.39 is 22.3 Å². The number of hydrogen-bond acceptors (Lipinski definition) is 6. The van der Waals surface area contributed by atoms with Gasteiger partial charge in [-0.15, -0.1) is 0 Å². The molecule has 20 heavy (non-hydrogen) atoms. The summed E-state index contributed by atoms with van der Waals surface area (Å²) in [6.07, 6.45) is -1.21. The number of hydrogen-bond donors (Lipinski definition) is 3. The number of aromatic carboxylic acids is 1. The molecule has 1 rings (SSSR count). The van der Waals surface area contributed by atoms with Gasteiger partial charge in [0, 0.05) is 6.07 Å². The summed E-state index contributed by atoms with van der Waals surface area (Å²) >= 11 is 0. The van der Waals surface area contributed by atoms with Crippen molar-refractivity contribution in [3.63, 3.8) is 0 Å². The molecule has 0 saturated carbocycles. The van der Waals surface area contributed by atoms with Gasteiger partial charge in [-0.3, -0.25) is 4.72 Å². The number of carbonyl (C=O) groups excluding carboxylic acids is 1. The number of ether oxygens (including phenoxy) is 2. The minimum absolute atomic E-state index is 0.241. The van der Waals surface area contributed by atoms with Crippen LogP contribution in [0.15, 0.2) is 18.2 Å². The fraction of sp³-hybridized carbons (Fsp3) is 0.200. The SMILES string of the molecule is COC(=O)NS(=O)(=O)Nc1cc(OC)ccc1C(=O)O. The van der Waals surface area contributed by atoms with Gasteiger partial charge in [0.05, 0.1) is 25.5 Å². The van der Waals surface area contributed by atoms with Crippen molar-refractivity contribution in [2.75, 3.05) is 18.9 Å². The number of carboxylic acid groups (broad SMARTS) is 1. The number of rotatable bonds is 5. The average molecular weight is 304 g/mol. The predicted octanol–water partition coefficient (Wildman–Crippen LogP) is 0.406. The Kier molecular flexibility index (Phi) is 4.75. The molecule has 0 aromatic heterocycles. The maximum Gasteiger partial charge on any atom is 0.422 e. The van der Waals surface area contributed by atoms with Crippen LogP contribution in [0.4, 0.5) is 10.5 Å². The molecule has 0 aliphatic heterocycles. The van der Waals surface area contributed by atoms with Crippen molar-refractivity contribution in [1.29, 1.82) is 0 Å². The lowest BCUT2D eigenvalue weighted by molar-refractivity contribution is 0.0698. The number of carboxylic acids is 1. The van der Waals surface area contributed by atoms with Crippen molar-refractivity contribution in [2.24, 2.45) is 0 Å². The first-order valence-corrected chi connectivity index (χ1v) is 6.57. The lowest BCUT2D eigenvalue weighted by Gasteiger charge is -2.12. The summed E-state index contributed by atoms with van der Waals surface area (Å²) in [6.45, 7) is 0. The van der Waals surface area contributed by atoms with E-state index in [2.05, 4.69) is 4.74 Å². The van der Waals surface area contributed by atoms with Crippen LogP contribution in [0, 0.1) is 0 Å². The molecule has 1 aromatic rings. The molecule has 9 nitrogen and oxygen atoms in total. The number of methoxy groups -OCH3 is 2. The molecule has 0 aliphatic carbocycles. The highest BCUT2D eigenvalue weighted by atomic mass is 32.2.